The normalized spacial score (nSPS) is 9.52. The van der Waals surface area contributed by atoms with Crippen molar-refractivity contribution in [3.05, 3.63) is 71.8 Å². The van der Waals surface area contributed by atoms with Gasteiger partial charge in [-0.1, -0.05) is 75.7 Å². The van der Waals surface area contributed by atoms with Gasteiger partial charge in [-0.15, -0.1) is 0 Å². The maximum Gasteiger partial charge on any atom is 0.0384 e. The molecule has 0 amide bonds. The summed E-state index contributed by atoms with van der Waals surface area (Å²) < 4.78 is 0. The van der Waals surface area contributed by atoms with E-state index in [1.165, 1.54) is 17.5 Å². The predicted octanol–water partition coefficient (Wildman–Crippen LogP) is 6.30. The molecule has 21 heavy (non-hydrogen) atoms. The first-order chi connectivity index (χ1) is 10.2. The zero-order valence-electron chi connectivity index (χ0n) is 13.7. The lowest BCUT2D eigenvalue weighted by Crippen LogP contribution is -1.97. The van der Waals surface area contributed by atoms with E-state index >= 15 is 0 Å². The van der Waals surface area contributed by atoms with Gasteiger partial charge in [0.05, 0.1) is 0 Å². The van der Waals surface area contributed by atoms with Crippen molar-refractivity contribution in [1.29, 1.82) is 0 Å². The maximum absolute atomic E-state index is 4.11. The van der Waals surface area contributed by atoms with E-state index in [0.717, 1.165) is 23.4 Å². The van der Waals surface area contributed by atoms with Crippen LogP contribution in [0.25, 0.3) is 5.70 Å². The second-order valence-corrected chi connectivity index (χ2v) is 4.92. The van der Waals surface area contributed by atoms with Gasteiger partial charge in [-0.2, -0.15) is 0 Å². The molecule has 0 aliphatic rings. The van der Waals surface area contributed by atoms with E-state index in [0.29, 0.717) is 0 Å². The van der Waals surface area contributed by atoms with Gasteiger partial charge in [-0.3, -0.25) is 0 Å². The van der Waals surface area contributed by atoms with Crippen molar-refractivity contribution in [2.75, 3.05) is 5.32 Å². The second kappa shape index (κ2) is 9.02. The molecule has 0 unspecified atom stereocenters. The summed E-state index contributed by atoms with van der Waals surface area (Å²) in [5, 5.41) is 3.34. The first-order valence-corrected chi connectivity index (χ1v) is 7.81. The fraction of sp³-hybridized carbons (Fsp3) is 0.300. The van der Waals surface area contributed by atoms with Gasteiger partial charge < -0.3 is 5.32 Å². The Kier molecular flexibility index (Phi) is 7.31. The Morgan fingerprint density at radius 2 is 1.57 bits per heavy atom. The van der Waals surface area contributed by atoms with Crippen LogP contribution >= 0.6 is 0 Å². The van der Waals surface area contributed by atoms with Gasteiger partial charge in [0.25, 0.3) is 0 Å². The number of hydrogen-bond donors (Lipinski definition) is 1. The molecule has 0 heterocycles. The first-order valence-electron chi connectivity index (χ1n) is 7.81. The molecule has 0 aliphatic carbocycles. The molecule has 0 saturated carbocycles. The van der Waals surface area contributed by atoms with E-state index in [1.54, 1.807) is 0 Å². The number of anilines is 1. The van der Waals surface area contributed by atoms with Crippen LogP contribution in [0.1, 0.15) is 45.3 Å². The highest BCUT2D eigenvalue weighted by Crippen LogP contribution is 2.18. The largest absolute Gasteiger partial charge is 0.356 e. The Bertz CT molecular complexity index is 541. The molecular weight excluding hydrogens is 254 g/mol. The lowest BCUT2D eigenvalue weighted by molar-refractivity contribution is 0.922. The Balaban J connectivity index is 0.00000141. The van der Waals surface area contributed by atoms with E-state index in [4.69, 9.17) is 0 Å². The van der Waals surface area contributed by atoms with Gasteiger partial charge >= 0.3 is 0 Å². The average Bonchev–Trinajstić information content (AvgIpc) is 2.52. The summed E-state index contributed by atoms with van der Waals surface area (Å²) in [6, 6.07) is 17.0. The molecule has 0 atom stereocenters. The zero-order valence-corrected chi connectivity index (χ0v) is 13.7. The summed E-state index contributed by atoms with van der Waals surface area (Å²) in [6.45, 7) is 12.4. The third-order valence-electron chi connectivity index (χ3n) is 3.19. The standard InChI is InChI=1S/C18H21N.C2H6.H2/c1-4-5-16-8-10-17(11-9-16)15(3)19-18-12-6-14(2)7-13-18;1-2;/h6-13,19H,3-5H2,1-2H3;1-2H3;1H. The zero-order chi connectivity index (χ0) is 15.7. The topological polar surface area (TPSA) is 12.0 Å². The van der Waals surface area contributed by atoms with Crippen LogP contribution in [0.2, 0.25) is 0 Å². The van der Waals surface area contributed by atoms with E-state index in [9.17, 15) is 0 Å². The molecule has 0 bridgehead atoms. The average molecular weight is 283 g/mol. The quantitative estimate of drug-likeness (QED) is 0.678. The molecule has 0 aromatic heterocycles. The third kappa shape index (κ3) is 5.47. The van der Waals surface area contributed by atoms with Crippen LogP contribution in [0.4, 0.5) is 5.69 Å². The summed E-state index contributed by atoms with van der Waals surface area (Å²) in [5.41, 5.74) is 5.80. The Morgan fingerprint density at radius 1 is 1.00 bits per heavy atom. The van der Waals surface area contributed by atoms with Crippen LogP contribution < -0.4 is 5.32 Å². The van der Waals surface area contributed by atoms with Gasteiger partial charge in [-0.05, 0) is 36.6 Å². The maximum atomic E-state index is 4.11. The number of nitrogens with one attached hydrogen (secondary N) is 1. The minimum absolute atomic E-state index is 0. The molecule has 1 nitrogen and oxygen atoms in total. The summed E-state index contributed by atoms with van der Waals surface area (Å²) in [7, 11) is 0. The van der Waals surface area contributed by atoms with Crippen molar-refractivity contribution < 1.29 is 1.43 Å². The van der Waals surface area contributed by atoms with Crippen LogP contribution in [-0.4, -0.2) is 0 Å². The Morgan fingerprint density at radius 3 is 2.10 bits per heavy atom. The van der Waals surface area contributed by atoms with Crippen molar-refractivity contribution in [3.8, 4) is 0 Å². The SMILES string of the molecule is C=C(Nc1ccc(C)cc1)c1ccc(CCC)cc1.CC.[HH]. The molecule has 0 saturated heterocycles. The fourth-order valence-electron chi connectivity index (χ4n) is 2.04. The highest BCUT2D eigenvalue weighted by Gasteiger charge is 2.00. The summed E-state index contributed by atoms with van der Waals surface area (Å²) in [6.07, 6.45) is 2.32. The Hall–Kier alpha value is -2.02. The predicted molar refractivity (Wildman–Crippen MR) is 97.7 cm³/mol. The van der Waals surface area contributed by atoms with Gasteiger partial charge in [-0.25, -0.2) is 0 Å². The lowest BCUT2D eigenvalue weighted by Gasteiger charge is -2.10. The molecule has 0 radical (unpaired) electrons. The minimum Gasteiger partial charge on any atom is -0.356 e. The van der Waals surface area contributed by atoms with Gasteiger partial charge in [0, 0.05) is 12.8 Å². The van der Waals surface area contributed by atoms with Crippen molar-refractivity contribution >= 4 is 11.4 Å². The molecule has 114 valence electrons. The minimum atomic E-state index is 0. The van der Waals surface area contributed by atoms with Crippen molar-refractivity contribution in [3.63, 3.8) is 0 Å². The van der Waals surface area contributed by atoms with E-state index in [1.807, 2.05) is 13.8 Å². The molecule has 1 N–H and O–H groups in total. The monoisotopic (exact) mass is 283 g/mol. The van der Waals surface area contributed by atoms with Crippen LogP contribution in [-0.2, 0) is 6.42 Å². The third-order valence-corrected chi connectivity index (χ3v) is 3.19. The number of aryl methyl sites for hydroxylation is 2. The van der Waals surface area contributed by atoms with Crippen molar-refractivity contribution in [2.45, 2.75) is 40.5 Å². The van der Waals surface area contributed by atoms with Crippen LogP contribution in [0.5, 0.6) is 0 Å². The lowest BCUT2D eigenvalue weighted by atomic mass is 10.1. The van der Waals surface area contributed by atoms with Gasteiger partial charge in [0.15, 0.2) is 0 Å². The molecule has 1 heteroatoms. The van der Waals surface area contributed by atoms with E-state index < -0.39 is 0 Å². The smallest absolute Gasteiger partial charge is 0.0384 e. The number of benzene rings is 2. The molecule has 2 rings (SSSR count). The molecule has 0 spiro atoms. The second-order valence-electron chi connectivity index (χ2n) is 4.92. The van der Waals surface area contributed by atoms with E-state index in [-0.39, 0.29) is 1.43 Å². The van der Waals surface area contributed by atoms with Gasteiger partial charge in [0.2, 0.25) is 0 Å². The number of hydrogen-bond acceptors (Lipinski definition) is 1. The van der Waals surface area contributed by atoms with Crippen LogP contribution in [0.15, 0.2) is 55.1 Å². The molecule has 2 aromatic carbocycles. The highest BCUT2D eigenvalue weighted by atomic mass is 14.9. The Labute approximate surface area is 131 Å². The fourth-order valence-corrected chi connectivity index (χ4v) is 2.04. The summed E-state index contributed by atoms with van der Waals surface area (Å²) in [5.74, 6) is 0. The molecule has 2 aromatic rings. The summed E-state index contributed by atoms with van der Waals surface area (Å²) in [4.78, 5) is 0. The molecule has 0 aliphatic heterocycles. The summed E-state index contributed by atoms with van der Waals surface area (Å²) >= 11 is 0. The van der Waals surface area contributed by atoms with Crippen LogP contribution in [0, 0.1) is 6.92 Å². The van der Waals surface area contributed by atoms with E-state index in [2.05, 4.69) is 74.3 Å². The van der Waals surface area contributed by atoms with Crippen molar-refractivity contribution in [2.24, 2.45) is 0 Å². The molecular formula is C20H29N. The van der Waals surface area contributed by atoms with Gasteiger partial charge in [0.1, 0.15) is 0 Å². The highest BCUT2D eigenvalue weighted by molar-refractivity contribution is 5.75. The van der Waals surface area contributed by atoms with Crippen molar-refractivity contribution in [1.82, 2.24) is 0 Å². The van der Waals surface area contributed by atoms with Crippen LogP contribution in [0.3, 0.4) is 0 Å². The molecule has 0 fully saturated rings. The number of rotatable bonds is 5. The first kappa shape index (κ1) is 17.0.